The zero-order valence-electron chi connectivity index (χ0n) is 7.86. The monoisotopic (exact) mass is 255 g/mol. The van der Waals surface area contributed by atoms with Gasteiger partial charge in [-0.2, -0.15) is 0 Å². The Labute approximate surface area is 95.5 Å². The van der Waals surface area contributed by atoms with Crippen molar-refractivity contribution in [2.45, 2.75) is 12.5 Å². The van der Waals surface area contributed by atoms with Crippen LogP contribution in [0.25, 0.3) is 0 Å². The van der Waals surface area contributed by atoms with Gasteiger partial charge in [-0.15, -0.1) is 12.4 Å². The summed E-state index contributed by atoms with van der Waals surface area (Å²) in [6.07, 6.45) is -2.93. The number of halogens is 4. The predicted octanol–water partition coefficient (Wildman–Crippen LogP) is 2.27. The van der Waals surface area contributed by atoms with Crippen LogP contribution in [-0.4, -0.2) is 11.1 Å². The summed E-state index contributed by atoms with van der Waals surface area (Å²) in [6.45, 7) is 0. The second-order valence-corrected chi connectivity index (χ2v) is 2.90. The topological polar surface area (TPSA) is 63.3 Å². The van der Waals surface area contributed by atoms with E-state index in [4.69, 9.17) is 10.8 Å². The van der Waals surface area contributed by atoms with E-state index in [2.05, 4.69) is 0 Å². The van der Waals surface area contributed by atoms with E-state index in [0.717, 1.165) is 12.1 Å². The molecule has 0 amide bonds. The van der Waals surface area contributed by atoms with Crippen LogP contribution in [-0.2, 0) is 4.79 Å². The molecule has 0 saturated carbocycles. The lowest BCUT2D eigenvalue weighted by Gasteiger charge is -2.08. The fourth-order valence-corrected chi connectivity index (χ4v) is 1.06. The Morgan fingerprint density at radius 1 is 1.38 bits per heavy atom. The Morgan fingerprint density at radius 2 is 1.94 bits per heavy atom. The number of hydrogen-bond acceptors (Lipinski definition) is 2. The number of carboxylic acids is 1. The maximum atomic E-state index is 13.0. The van der Waals surface area contributed by atoms with Gasteiger partial charge in [-0.3, -0.25) is 4.79 Å². The summed E-state index contributed by atoms with van der Waals surface area (Å²) in [7, 11) is 0. The Hall–Kier alpha value is -1.27. The van der Waals surface area contributed by atoms with Crippen molar-refractivity contribution >= 4 is 18.4 Å². The maximum Gasteiger partial charge on any atom is 0.325 e. The van der Waals surface area contributed by atoms with E-state index in [1.807, 2.05) is 0 Å². The molecule has 1 rings (SSSR count). The molecule has 16 heavy (non-hydrogen) atoms. The highest BCUT2D eigenvalue weighted by Crippen LogP contribution is 2.24. The minimum absolute atomic E-state index is 0. The van der Waals surface area contributed by atoms with Gasteiger partial charge in [0, 0.05) is 0 Å². The SMILES string of the molecule is Cl.N[C@@H](C(=O)O)c1ccc(C(F)F)c(F)c1. The van der Waals surface area contributed by atoms with Crippen molar-refractivity contribution in [1.82, 2.24) is 0 Å². The molecule has 1 atom stereocenters. The van der Waals surface area contributed by atoms with Crippen LogP contribution in [0.15, 0.2) is 18.2 Å². The highest BCUT2D eigenvalue weighted by atomic mass is 35.5. The molecule has 1 aromatic carbocycles. The molecular formula is C9H9ClF3NO2. The quantitative estimate of drug-likeness (QED) is 0.871. The molecule has 1 aromatic rings. The molecule has 7 heteroatoms. The molecule has 0 aliphatic rings. The van der Waals surface area contributed by atoms with Gasteiger partial charge in [0.05, 0.1) is 5.56 Å². The predicted molar refractivity (Wildman–Crippen MR) is 53.2 cm³/mol. The van der Waals surface area contributed by atoms with E-state index in [-0.39, 0.29) is 18.0 Å². The van der Waals surface area contributed by atoms with Gasteiger partial charge in [-0.05, 0) is 11.6 Å². The number of nitrogens with two attached hydrogens (primary N) is 1. The molecule has 0 bridgehead atoms. The molecule has 0 aliphatic heterocycles. The van der Waals surface area contributed by atoms with Crippen LogP contribution in [0.4, 0.5) is 13.2 Å². The molecule has 0 unspecified atom stereocenters. The van der Waals surface area contributed by atoms with Crippen LogP contribution in [0, 0.1) is 5.82 Å². The zero-order valence-corrected chi connectivity index (χ0v) is 8.68. The van der Waals surface area contributed by atoms with Gasteiger partial charge in [-0.25, -0.2) is 13.2 Å². The van der Waals surface area contributed by atoms with E-state index in [9.17, 15) is 18.0 Å². The number of rotatable bonds is 3. The van der Waals surface area contributed by atoms with Gasteiger partial charge in [-0.1, -0.05) is 12.1 Å². The van der Waals surface area contributed by atoms with Crippen LogP contribution in [0.3, 0.4) is 0 Å². The van der Waals surface area contributed by atoms with Gasteiger partial charge in [0.2, 0.25) is 0 Å². The first-order valence-electron chi connectivity index (χ1n) is 3.99. The normalized spacial score (nSPS) is 12.1. The van der Waals surface area contributed by atoms with E-state index in [0.29, 0.717) is 6.07 Å². The van der Waals surface area contributed by atoms with Crippen molar-refractivity contribution in [3.05, 3.63) is 35.1 Å². The third-order valence-corrected chi connectivity index (χ3v) is 1.88. The van der Waals surface area contributed by atoms with Crippen molar-refractivity contribution in [2.75, 3.05) is 0 Å². The van der Waals surface area contributed by atoms with Crippen LogP contribution in [0.2, 0.25) is 0 Å². The minimum atomic E-state index is -2.93. The lowest BCUT2D eigenvalue weighted by Crippen LogP contribution is -2.20. The fraction of sp³-hybridized carbons (Fsp3) is 0.222. The number of carbonyl (C=O) groups is 1. The van der Waals surface area contributed by atoms with Gasteiger partial charge >= 0.3 is 5.97 Å². The highest BCUT2D eigenvalue weighted by Gasteiger charge is 2.18. The number of aliphatic carboxylic acids is 1. The highest BCUT2D eigenvalue weighted by molar-refractivity contribution is 5.85. The first-order valence-corrected chi connectivity index (χ1v) is 3.99. The Balaban J connectivity index is 0.00000225. The molecule has 3 N–H and O–H groups in total. The molecule has 0 radical (unpaired) electrons. The number of carboxylic acid groups (broad SMARTS) is 1. The smallest absolute Gasteiger partial charge is 0.325 e. The van der Waals surface area contributed by atoms with Crippen molar-refractivity contribution in [3.63, 3.8) is 0 Å². The van der Waals surface area contributed by atoms with Gasteiger partial charge in [0.1, 0.15) is 11.9 Å². The number of alkyl halides is 2. The van der Waals surface area contributed by atoms with Crippen molar-refractivity contribution in [3.8, 4) is 0 Å². The Morgan fingerprint density at radius 3 is 2.31 bits per heavy atom. The molecular weight excluding hydrogens is 247 g/mol. The molecule has 0 heterocycles. The summed E-state index contributed by atoms with van der Waals surface area (Å²) in [6, 6.07) is 1.20. The third-order valence-electron chi connectivity index (χ3n) is 1.88. The standard InChI is InChI=1S/C9H8F3NO2.ClH/c10-6-3-4(7(13)9(14)15)1-2-5(6)8(11)12;/h1-3,7-8H,13H2,(H,14,15);1H/t7-;/m1./s1. The minimum Gasteiger partial charge on any atom is -0.480 e. The largest absolute Gasteiger partial charge is 0.480 e. The lowest BCUT2D eigenvalue weighted by molar-refractivity contribution is -0.138. The van der Waals surface area contributed by atoms with Crippen LogP contribution >= 0.6 is 12.4 Å². The van der Waals surface area contributed by atoms with Crippen LogP contribution in [0.1, 0.15) is 23.6 Å². The van der Waals surface area contributed by atoms with Gasteiger partial charge < -0.3 is 10.8 Å². The van der Waals surface area contributed by atoms with E-state index < -0.39 is 29.8 Å². The second-order valence-electron chi connectivity index (χ2n) is 2.90. The number of hydrogen-bond donors (Lipinski definition) is 2. The maximum absolute atomic E-state index is 13.0. The molecule has 0 saturated heterocycles. The van der Waals surface area contributed by atoms with Gasteiger partial charge in [0.15, 0.2) is 0 Å². The zero-order chi connectivity index (χ0) is 11.6. The molecule has 90 valence electrons. The molecule has 0 spiro atoms. The average Bonchev–Trinajstić information content (AvgIpc) is 2.15. The molecule has 0 aromatic heterocycles. The van der Waals surface area contributed by atoms with Crippen molar-refractivity contribution < 1.29 is 23.1 Å². The summed E-state index contributed by atoms with van der Waals surface area (Å²) in [5, 5.41) is 8.51. The van der Waals surface area contributed by atoms with Gasteiger partial charge in [0.25, 0.3) is 6.43 Å². The van der Waals surface area contributed by atoms with Crippen molar-refractivity contribution in [1.29, 1.82) is 0 Å². The molecule has 3 nitrogen and oxygen atoms in total. The molecule has 0 fully saturated rings. The second kappa shape index (κ2) is 5.72. The van der Waals surface area contributed by atoms with E-state index >= 15 is 0 Å². The molecule has 0 aliphatic carbocycles. The van der Waals surface area contributed by atoms with E-state index in [1.165, 1.54) is 0 Å². The van der Waals surface area contributed by atoms with Crippen LogP contribution in [0.5, 0.6) is 0 Å². The lowest BCUT2D eigenvalue weighted by atomic mass is 10.1. The summed E-state index contributed by atoms with van der Waals surface area (Å²) in [4.78, 5) is 10.4. The Bertz CT molecular complexity index is 387. The summed E-state index contributed by atoms with van der Waals surface area (Å²) >= 11 is 0. The fourth-order valence-electron chi connectivity index (χ4n) is 1.06. The number of benzene rings is 1. The first kappa shape index (κ1) is 14.7. The van der Waals surface area contributed by atoms with Crippen LogP contribution < -0.4 is 5.73 Å². The van der Waals surface area contributed by atoms with E-state index in [1.54, 1.807) is 0 Å². The summed E-state index contributed by atoms with van der Waals surface area (Å²) < 4.78 is 37.3. The third kappa shape index (κ3) is 3.11. The average molecular weight is 256 g/mol. The first-order chi connectivity index (χ1) is 6.93. The Kier molecular flexibility index (Phi) is 5.26. The van der Waals surface area contributed by atoms with Crippen molar-refractivity contribution in [2.24, 2.45) is 5.73 Å². The summed E-state index contributed by atoms with van der Waals surface area (Å²) in [5.74, 6) is -2.50. The summed E-state index contributed by atoms with van der Waals surface area (Å²) in [5.41, 5.74) is 4.36.